The molecule has 36 heavy (non-hydrogen) atoms. The standard InChI is InChI=1S/C24H26N2O10/c1-7-8-5-6-9(23(34)36-4)16(27)11(8)17(28)12-10(7)18(29)14-15(26(2)3)19(30)13(22(25)33)21(32)24(14,35)20(12)31/h5-7,10,12-15,18,27,29,35H,1-4H3,(H2,25,33)/t7-,10+,12?,13?,14+,15-,18-,24?/m0/s1. The third-order valence-electron chi connectivity index (χ3n) is 7.89. The van der Waals surface area contributed by atoms with Gasteiger partial charge in [-0.1, -0.05) is 13.0 Å². The molecular formula is C24H26N2O10. The van der Waals surface area contributed by atoms with Crippen LogP contribution < -0.4 is 5.73 Å². The summed E-state index contributed by atoms with van der Waals surface area (Å²) in [4.78, 5) is 79.2. The number of aliphatic hydroxyl groups is 2. The van der Waals surface area contributed by atoms with E-state index in [0.717, 1.165) is 7.11 Å². The van der Waals surface area contributed by atoms with E-state index in [0.29, 0.717) is 0 Å². The third-order valence-corrected chi connectivity index (χ3v) is 7.89. The molecule has 0 aliphatic heterocycles. The van der Waals surface area contributed by atoms with Crippen LogP contribution in [0.3, 0.4) is 0 Å². The van der Waals surface area contributed by atoms with E-state index < -0.39 is 88.1 Å². The maximum atomic E-state index is 13.8. The molecule has 1 aromatic carbocycles. The van der Waals surface area contributed by atoms with Crippen molar-refractivity contribution in [2.45, 2.75) is 30.6 Å². The summed E-state index contributed by atoms with van der Waals surface area (Å²) in [6.45, 7) is 1.57. The van der Waals surface area contributed by atoms with Gasteiger partial charge in [0.2, 0.25) is 5.91 Å². The number of rotatable bonds is 3. The van der Waals surface area contributed by atoms with Crippen molar-refractivity contribution in [1.29, 1.82) is 0 Å². The number of fused-ring (bicyclic) bond motifs is 3. The van der Waals surface area contributed by atoms with Crippen molar-refractivity contribution in [3.63, 3.8) is 0 Å². The van der Waals surface area contributed by atoms with E-state index in [1.807, 2.05) is 0 Å². The molecule has 4 rings (SSSR count). The predicted molar refractivity (Wildman–Crippen MR) is 119 cm³/mol. The van der Waals surface area contributed by atoms with Crippen LogP contribution in [0.15, 0.2) is 12.1 Å². The Morgan fingerprint density at radius 1 is 1.11 bits per heavy atom. The zero-order valence-electron chi connectivity index (χ0n) is 19.9. The maximum absolute atomic E-state index is 13.8. The van der Waals surface area contributed by atoms with Crippen molar-refractivity contribution in [3.05, 3.63) is 28.8 Å². The van der Waals surface area contributed by atoms with E-state index in [2.05, 4.69) is 4.74 Å². The summed E-state index contributed by atoms with van der Waals surface area (Å²) in [6, 6.07) is 1.19. The molecule has 2 fully saturated rings. The highest BCUT2D eigenvalue weighted by Crippen LogP contribution is 2.54. The van der Waals surface area contributed by atoms with Crippen LogP contribution in [0.5, 0.6) is 5.75 Å². The molecule has 8 atom stereocenters. The summed E-state index contributed by atoms with van der Waals surface area (Å²) in [5.41, 5.74) is 1.71. The Morgan fingerprint density at radius 3 is 2.25 bits per heavy atom. The fraction of sp³-hybridized carbons (Fsp3) is 0.500. The van der Waals surface area contributed by atoms with Gasteiger partial charge in [0, 0.05) is 5.92 Å². The van der Waals surface area contributed by atoms with Crippen LogP contribution in [0.25, 0.3) is 0 Å². The van der Waals surface area contributed by atoms with Crippen LogP contribution in [0.4, 0.5) is 0 Å². The second-order valence-electron chi connectivity index (χ2n) is 9.78. The maximum Gasteiger partial charge on any atom is 0.341 e. The predicted octanol–water partition coefficient (Wildman–Crippen LogP) is -1.81. The number of esters is 1. The Kier molecular flexibility index (Phi) is 5.90. The molecule has 1 aromatic rings. The lowest BCUT2D eigenvalue weighted by Gasteiger charge is -2.56. The van der Waals surface area contributed by atoms with E-state index in [4.69, 9.17) is 5.73 Å². The smallest absolute Gasteiger partial charge is 0.341 e. The fourth-order valence-electron chi connectivity index (χ4n) is 6.26. The largest absolute Gasteiger partial charge is 0.506 e. The highest BCUT2D eigenvalue weighted by Gasteiger charge is 2.72. The summed E-state index contributed by atoms with van der Waals surface area (Å²) in [7, 11) is 3.90. The molecule has 5 N–H and O–H groups in total. The quantitative estimate of drug-likeness (QED) is 0.268. The van der Waals surface area contributed by atoms with Gasteiger partial charge < -0.3 is 25.8 Å². The first-order valence-corrected chi connectivity index (χ1v) is 11.2. The molecule has 3 unspecified atom stereocenters. The van der Waals surface area contributed by atoms with Gasteiger partial charge in [0.05, 0.1) is 36.7 Å². The highest BCUT2D eigenvalue weighted by atomic mass is 16.5. The van der Waals surface area contributed by atoms with Crippen LogP contribution >= 0.6 is 0 Å². The molecule has 0 spiro atoms. The minimum atomic E-state index is -3.08. The molecule has 192 valence electrons. The molecule has 0 radical (unpaired) electrons. The molecule has 1 amide bonds. The molecule has 12 heteroatoms. The first-order chi connectivity index (χ1) is 16.7. The summed E-state index contributed by atoms with van der Waals surface area (Å²) in [5.74, 6) is -15.5. The normalized spacial score (nSPS) is 35.7. The van der Waals surface area contributed by atoms with Crippen LogP contribution in [-0.2, 0) is 23.9 Å². The fourth-order valence-corrected chi connectivity index (χ4v) is 6.26. The van der Waals surface area contributed by atoms with Crippen LogP contribution in [0, 0.1) is 23.7 Å². The Morgan fingerprint density at radius 2 is 1.72 bits per heavy atom. The van der Waals surface area contributed by atoms with Gasteiger partial charge in [-0.3, -0.25) is 28.9 Å². The first kappa shape index (κ1) is 25.6. The lowest BCUT2D eigenvalue weighted by Crippen LogP contribution is -2.77. The van der Waals surface area contributed by atoms with Gasteiger partial charge in [-0.2, -0.15) is 0 Å². The van der Waals surface area contributed by atoms with Crippen molar-refractivity contribution in [2.75, 3.05) is 21.2 Å². The van der Waals surface area contributed by atoms with E-state index in [-0.39, 0.29) is 16.7 Å². The van der Waals surface area contributed by atoms with Crippen molar-refractivity contribution < 1.29 is 48.8 Å². The van der Waals surface area contributed by atoms with Crippen LogP contribution in [-0.4, -0.2) is 94.2 Å². The van der Waals surface area contributed by atoms with E-state index in [1.165, 1.54) is 31.1 Å². The Bertz CT molecular complexity index is 1240. The number of phenols is 1. The third kappa shape index (κ3) is 3.04. The second kappa shape index (κ2) is 8.29. The number of ketones is 4. The molecule has 0 heterocycles. The molecular weight excluding hydrogens is 476 g/mol. The minimum absolute atomic E-state index is 0.230. The number of likely N-dealkylation sites (N-methyl/N-ethyl adjacent to an activating group) is 1. The van der Waals surface area contributed by atoms with E-state index in [9.17, 15) is 44.1 Å². The number of phenolic OH excluding ortho intramolecular Hbond substituents is 1. The zero-order valence-corrected chi connectivity index (χ0v) is 19.9. The summed E-state index contributed by atoms with van der Waals surface area (Å²) >= 11 is 0. The number of nitrogens with zero attached hydrogens (tertiary/aromatic N) is 1. The number of hydrogen-bond acceptors (Lipinski definition) is 11. The SMILES string of the molecule is COC(=O)c1ccc2c(c1O)C(=O)C1C(=O)C3(O)C(=O)C(C(N)=O)C(=O)[C@@H](N(C)C)[C@@H]3[C@@H](O)[C@@H]1[C@H]2C. The highest BCUT2D eigenvalue weighted by molar-refractivity contribution is 6.32. The van der Waals surface area contributed by atoms with Gasteiger partial charge >= 0.3 is 5.97 Å². The van der Waals surface area contributed by atoms with Gasteiger partial charge in [0.1, 0.15) is 11.3 Å². The Balaban J connectivity index is 1.95. The van der Waals surface area contributed by atoms with Gasteiger partial charge in [-0.25, -0.2) is 4.79 Å². The van der Waals surface area contributed by atoms with Gasteiger partial charge in [-0.05, 0) is 31.6 Å². The minimum Gasteiger partial charge on any atom is -0.506 e. The number of ether oxygens (including phenoxy) is 1. The number of carbonyl (C=O) groups excluding carboxylic acids is 6. The second-order valence-corrected chi connectivity index (χ2v) is 9.78. The summed E-state index contributed by atoms with van der Waals surface area (Å²) in [6.07, 6.45) is -1.72. The molecule has 12 nitrogen and oxygen atoms in total. The molecule has 3 aliphatic rings. The Labute approximate surface area is 205 Å². The molecule has 0 aromatic heterocycles. The number of aromatic hydroxyl groups is 1. The lowest BCUT2D eigenvalue weighted by atomic mass is 9.49. The van der Waals surface area contributed by atoms with Gasteiger partial charge in [0.25, 0.3) is 0 Å². The van der Waals surface area contributed by atoms with Gasteiger partial charge in [-0.15, -0.1) is 0 Å². The van der Waals surface area contributed by atoms with Crippen molar-refractivity contribution in [3.8, 4) is 5.75 Å². The topological polar surface area (TPSA) is 202 Å². The van der Waals surface area contributed by atoms with E-state index in [1.54, 1.807) is 6.92 Å². The lowest BCUT2D eigenvalue weighted by molar-refractivity contribution is -0.196. The van der Waals surface area contributed by atoms with Crippen molar-refractivity contribution >= 4 is 35.0 Å². The number of nitrogens with two attached hydrogens (primary N) is 1. The number of primary amides is 1. The average Bonchev–Trinajstić information content (AvgIpc) is 2.80. The monoisotopic (exact) mass is 502 g/mol. The number of Topliss-reactive ketones (excluding diaryl/α,β-unsaturated/α-hetero) is 4. The number of benzene rings is 1. The van der Waals surface area contributed by atoms with Crippen LogP contribution in [0.2, 0.25) is 0 Å². The van der Waals surface area contributed by atoms with Crippen LogP contribution in [0.1, 0.15) is 39.1 Å². The molecule has 2 saturated carbocycles. The number of amides is 1. The molecule has 0 bridgehead atoms. The Hall–Kier alpha value is -3.48. The summed E-state index contributed by atoms with van der Waals surface area (Å²) < 4.78 is 4.61. The zero-order chi connectivity index (χ0) is 27.0. The number of methoxy groups -OCH3 is 1. The molecule has 0 saturated heterocycles. The number of carbonyl (C=O) groups is 6. The number of aliphatic hydroxyl groups excluding tert-OH is 1. The first-order valence-electron chi connectivity index (χ1n) is 11.2. The van der Waals surface area contributed by atoms with Crippen molar-refractivity contribution in [1.82, 2.24) is 4.90 Å². The van der Waals surface area contributed by atoms with Crippen molar-refractivity contribution in [2.24, 2.45) is 29.4 Å². The molecule has 3 aliphatic carbocycles. The average molecular weight is 502 g/mol. The summed E-state index contributed by atoms with van der Waals surface area (Å²) in [5, 5.41) is 33.8. The van der Waals surface area contributed by atoms with E-state index >= 15 is 0 Å². The van der Waals surface area contributed by atoms with Gasteiger partial charge in [0.15, 0.2) is 34.7 Å². The number of hydrogen-bond donors (Lipinski definition) is 4.